The number of carbonyl (C=O) groups excluding carboxylic acids is 3. The third-order valence-corrected chi connectivity index (χ3v) is 2.69. The second-order valence-electron chi connectivity index (χ2n) is 5.92. The monoisotopic (exact) mass is 322 g/mol. The lowest BCUT2D eigenvalue weighted by Gasteiger charge is -2.24. The van der Waals surface area contributed by atoms with Gasteiger partial charge in [0.05, 0.1) is 18.4 Å². The molecule has 0 heterocycles. The molecular weight excluding hydrogens is 300 g/mol. The van der Waals surface area contributed by atoms with E-state index in [2.05, 4.69) is 10.1 Å². The smallest absolute Gasteiger partial charge is 0.410 e. The van der Waals surface area contributed by atoms with E-state index < -0.39 is 23.6 Å². The van der Waals surface area contributed by atoms with E-state index in [4.69, 9.17) is 4.74 Å². The lowest BCUT2D eigenvalue weighted by molar-refractivity contribution is -0.117. The van der Waals surface area contributed by atoms with E-state index in [1.807, 2.05) is 0 Å². The first-order valence-corrected chi connectivity index (χ1v) is 7.05. The molecule has 0 saturated carbocycles. The normalized spacial score (nSPS) is 10.7. The van der Waals surface area contributed by atoms with Crippen LogP contribution in [-0.2, 0) is 14.3 Å². The molecule has 2 amide bonds. The number of methoxy groups -OCH3 is 1. The average molecular weight is 322 g/mol. The van der Waals surface area contributed by atoms with Gasteiger partial charge in [-0.05, 0) is 32.9 Å². The largest absolute Gasteiger partial charge is 0.465 e. The molecule has 0 aliphatic carbocycles. The van der Waals surface area contributed by atoms with Crippen LogP contribution in [0.5, 0.6) is 0 Å². The summed E-state index contributed by atoms with van der Waals surface area (Å²) >= 11 is 0. The van der Waals surface area contributed by atoms with E-state index in [0.717, 1.165) is 4.90 Å². The summed E-state index contributed by atoms with van der Waals surface area (Å²) in [5, 5.41) is 2.59. The van der Waals surface area contributed by atoms with E-state index in [1.165, 1.54) is 14.2 Å². The zero-order valence-electron chi connectivity index (χ0n) is 14.0. The molecule has 7 nitrogen and oxygen atoms in total. The second kappa shape index (κ2) is 7.62. The van der Waals surface area contributed by atoms with Gasteiger partial charge in [0.15, 0.2) is 0 Å². The topological polar surface area (TPSA) is 84.9 Å². The molecule has 0 aliphatic heterocycles. The Bertz CT molecular complexity index is 592. The highest BCUT2D eigenvalue weighted by Gasteiger charge is 2.21. The van der Waals surface area contributed by atoms with Gasteiger partial charge in [0.25, 0.3) is 0 Å². The quantitative estimate of drug-likeness (QED) is 0.860. The van der Waals surface area contributed by atoms with Gasteiger partial charge in [-0.3, -0.25) is 4.79 Å². The van der Waals surface area contributed by atoms with Crippen molar-refractivity contribution in [2.24, 2.45) is 0 Å². The molecule has 126 valence electrons. The Morgan fingerprint density at radius 2 is 1.78 bits per heavy atom. The van der Waals surface area contributed by atoms with Gasteiger partial charge in [-0.1, -0.05) is 12.1 Å². The van der Waals surface area contributed by atoms with E-state index in [-0.39, 0.29) is 12.1 Å². The van der Waals surface area contributed by atoms with Crippen LogP contribution in [0, 0.1) is 0 Å². The number of carbonyl (C=O) groups is 3. The highest BCUT2D eigenvalue weighted by atomic mass is 16.6. The minimum atomic E-state index is -0.640. The van der Waals surface area contributed by atoms with E-state index in [0.29, 0.717) is 5.69 Å². The SMILES string of the molecule is COC(=O)c1ccccc1NC(=O)CN(C)C(=O)OC(C)(C)C. The molecule has 1 N–H and O–H groups in total. The van der Waals surface area contributed by atoms with Crippen LogP contribution in [-0.4, -0.2) is 49.2 Å². The summed E-state index contributed by atoms with van der Waals surface area (Å²) in [6.45, 7) is 5.02. The highest BCUT2D eigenvalue weighted by molar-refractivity contribution is 6.02. The maximum absolute atomic E-state index is 12.0. The van der Waals surface area contributed by atoms with Crippen molar-refractivity contribution in [3.05, 3.63) is 29.8 Å². The van der Waals surface area contributed by atoms with Gasteiger partial charge >= 0.3 is 12.1 Å². The number of rotatable bonds is 4. The maximum Gasteiger partial charge on any atom is 0.410 e. The van der Waals surface area contributed by atoms with Crippen LogP contribution in [0.1, 0.15) is 31.1 Å². The van der Waals surface area contributed by atoms with Crippen molar-refractivity contribution in [3.63, 3.8) is 0 Å². The van der Waals surface area contributed by atoms with Crippen molar-refractivity contribution in [1.82, 2.24) is 4.90 Å². The van der Waals surface area contributed by atoms with Gasteiger partial charge in [-0.15, -0.1) is 0 Å². The molecule has 0 bridgehead atoms. The number of hydrogen-bond acceptors (Lipinski definition) is 5. The Labute approximate surface area is 135 Å². The summed E-state index contributed by atoms with van der Waals surface area (Å²) in [5.74, 6) is -1.00. The van der Waals surface area contributed by atoms with Crippen LogP contribution in [0.15, 0.2) is 24.3 Å². The average Bonchev–Trinajstić information content (AvgIpc) is 2.45. The van der Waals surface area contributed by atoms with Crippen LogP contribution in [0.3, 0.4) is 0 Å². The Morgan fingerprint density at radius 3 is 2.35 bits per heavy atom. The minimum Gasteiger partial charge on any atom is -0.465 e. The van der Waals surface area contributed by atoms with Gasteiger partial charge in [0, 0.05) is 7.05 Å². The molecule has 0 spiro atoms. The number of esters is 1. The van der Waals surface area contributed by atoms with Crippen LogP contribution >= 0.6 is 0 Å². The molecular formula is C16H22N2O5. The van der Waals surface area contributed by atoms with E-state index in [9.17, 15) is 14.4 Å². The predicted octanol–water partition coefficient (Wildman–Crippen LogP) is 2.28. The molecule has 23 heavy (non-hydrogen) atoms. The Morgan fingerprint density at radius 1 is 1.17 bits per heavy atom. The molecule has 1 rings (SSSR count). The summed E-state index contributed by atoms with van der Waals surface area (Å²) in [6, 6.07) is 6.46. The van der Waals surface area contributed by atoms with Crippen molar-refractivity contribution in [1.29, 1.82) is 0 Å². The Balaban J connectivity index is 2.71. The van der Waals surface area contributed by atoms with E-state index >= 15 is 0 Å². The second-order valence-corrected chi connectivity index (χ2v) is 5.92. The predicted molar refractivity (Wildman–Crippen MR) is 85.3 cm³/mol. The van der Waals surface area contributed by atoms with Crippen LogP contribution in [0.25, 0.3) is 0 Å². The fraction of sp³-hybridized carbons (Fsp3) is 0.438. The van der Waals surface area contributed by atoms with Gasteiger partial charge in [0.2, 0.25) is 5.91 Å². The van der Waals surface area contributed by atoms with Crippen molar-refractivity contribution in [3.8, 4) is 0 Å². The first-order valence-electron chi connectivity index (χ1n) is 7.05. The molecule has 0 atom stereocenters. The Kier molecular flexibility index (Phi) is 6.12. The van der Waals surface area contributed by atoms with Crippen molar-refractivity contribution in [2.45, 2.75) is 26.4 Å². The number of nitrogens with one attached hydrogen (secondary N) is 1. The number of benzene rings is 1. The molecule has 0 saturated heterocycles. The molecule has 1 aromatic rings. The molecule has 0 unspecified atom stereocenters. The third kappa shape index (κ3) is 5.98. The zero-order chi connectivity index (χ0) is 17.6. The summed E-state index contributed by atoms with van der Waals surface area (Å²) in [6.07, 6.45) is -0.603. The summed E-state index contributed by atoms with van der Waals surface area (Å²) in [7, 11) is 2.72. The summed E-state index contributed by atoms with van der Waals surface area (Å²) < 4.78 is 9.82. The van der Waals surface area contributed by atoms with Gasteiger partial charge in [0.1, 0.15) is 12.1 Å². The standard InChI is InChI=1S/C16H22N2O5/c1-16(2,3)23-15(21)18(4)10-13(19)17-12-9-7-6-8-11(12)14(20)22-5/h6-9H,10H2,1-5H3,(H,17,19). The lowest BCUT2D eigenvalue weighted by atomic mass is 10.2. The van der Waals surface area contributed by atoms with E-state index in [1.54, 1.807) is 45.0 Å². The first kappa shape index (κ1) is 18.5. The maximum atomic E-state index is 12.0. The zero-order valence-corrected chi connectivity index (χ0v) is 14.0. The first-order chi connectivity index (χ1) is 10.6. The molecule has 7 heteroatoms. The molecule has 0 aliphatic rings. The fourth-order valence-corrected chi connectivity index (χ4v) is 1.69. The number of ether oxygens (including phenoxy) is 2. The van der Waals surface area contributed by atoms with Crippen molar-refractivity contribution >= 4 is 23.7 Å². The summed E-state index contributed by atoms with van der Waals surface area (Å²) in [4.78, 5) is 36.7. The fourth-order valence-electron chi connectivity index (χ4n) is 1.69. The molecule has 0 aromatic heterocycles. The van der Waals surface area contributed by atoms with Gasteiger partial charge in [-0.25, -0.2) is 9.59 Å². The number of para-hydroxylation sites is 1. The van der Waals surface area contributed by atoms with Crippen LogP contribution < -0.4 is 5.32 Å². The molecule has 0 radical (unpaired) electrons. The minimum absolute atomic E-state index is 0.204. The number of hydrogen-bond donors (Lipinski definition) is 1. The van der Waals surface area contributed by atoms with Crippen LogP contribution in [0.2, 0.25) is 0 Å². The summed E-state index contributed by atoms with van der Waals surface area (Å²) in [5.41, 5.74) is -0.0792. The molecule has 0 fully saturated rings. The van der Waals surface area contributed by atoms with Crippen molar-refractivity contribution in [2.75, 3.05) is 26.0 Å². The number of likely N-dealkylation sites (N-methyl/N-ethyl adjacent to an activating group) is 1. The number of amides is 2. The highest BCUT2D eigenvalue weighted by Crippen LogP contribution is 2.16. The van der Waals surface area contributed by atoms with Crippen LogP contribution in [0.4, 0.5) is 10.5 Å². The molecule has 1 aromatic carbocycles. The lowest BCUT2D eigenvalue weighted by Crippen LogP contribution is -2.38. The number of anilines is 1. The van der Waals surface area contributed by atoms with Crippen molar-refractivity contribution < 1.29 is 23.9 Å². The van der Waals surface area contributed by atoms with Gasteiger partial charge in [-0.2, -0.15) is 0 Å². The Hall–Kier alpha value is -2.57. The van der Waals surface area contributed by atoms with Gasteiger partial charge < -0.3 is 19.7 Å². The third-order valence-electron chi connectivity index (χ3n) is 2.69. The number of nitrogens with zero attached hydrogens (tertiary/aromatic N) is 1.